The average molecular weight is 268 g/mol. The van der Waals surface area contributed by atoms with E-state index in [1.165, 1.54) is 13.0 Å². The zero-order chi connectivity index (χ0) is 14.8. The van der Waals surface area contributed by atoms with Crippen molar-refractivity contribution in [3.63, 3.8) is 0 Å². The minimum absolute atomic E-state index is 0.101. The SMILES string of the molecule is Cc1ccc(F)c(C(=O)CC(C)CC(C)(C)C)c1F. The standard InChI is InChI=1S/C16H22F2O/c1-10(9-16(3,4)5)8-13(19)14-12(17)7-6-11(2)15(14)18/h6-7,10H,8-9H2,1-5H3. The fraction of sp³-hybridized carbons (Fsp3) is 0.562. The van der Waals surface area contributed by atoms with E-state index in [2.05, 4.69) is 20.8 Å². The van der Waals surface area contributed by atoms with E-state index in [9.17, 15) is 13.6 Å². The summed E-state index contributed by atoms with van der Waals surface area (Å²) in [7, 11) is 0. The number of hydrogen-bond acceptors (Lipinski definition) is 1. The summed E-state index contributed by atoms with van der Waals surface area (Å²) >= 11 is 0. The summed E-state index contributed by atoms with van der Waals surface area (Å²) < 4.78 is 27.4. The van der Waals surface area contributed by atoms with Gasteiger partial charge in [-0.1, -0.05) is 33.8 Å². The van der Waals surface area contributed by atoms with Crippen LogP contribution < -0.4 is 0 Å². The first-order valence-electron chi connectivity index (χ1n) is 6.59. The summed E-state index contributed by atoms with van der Waals surface area (Å²) in [4.78, 5) is 12.1. The molecule has 0 aliphatic carbocycles. The van der Waals surface area contributed by atoms with Crippen LogP contribution in [0.4, 0.5) is 8.78 Å². The van der Waals surface area contributed by atoms with Crippen molar-refractivity contribution in [2.24, 2.45) is 11.3 Å². The maximum Gasteiger partial charge on any atom is 0.169 e. The minimum Gasteiger partial charge on any atom is -0.294 e. The highest BCUT2D eigenvalue weighted by Gasteiger charge is 2.23. The Morgan fingerprint density at radius 3 is 2.37 bits per heavy atom. The number of rotatable bonds is 4. The fourth-order valence-electron chi connectivity index (χ4n) is 2.45. The van der Waals surface area contributed by atoms with Gasteiger partial charge in [0.25, 0.3) is 0 Å². The van der Waals surface area contributed by atoms with E-state index < -0.39 is 17.4 Å². The Morgan fingerprint density at radius 2 is 1.84 bits per heavy atom. The molecule has 3 heteroatoms. The number of carbonyl (C=O) groups is 1. The molecule has 1 aromatic rings. The third-order valence-electron chi connectivity index (χ3n) is 3.06. The van der Waals surface area contributed by atoms with E-state index in [1.807, 2.05) is 6.92 Å². The number of ketones is 1. The first-order chi connectivity index (χ1) is 8.61. The number of benzene rings is 1. The number of Topliss-reactive ketones (excluding diaryl/α,β-unsaturated/α-hetero) is 1. The second-order valence-corrected chi connectivity index (χ2v) is 6.55. The van der Waals surface area contributed by atoms with Gasteiger partial charge in [0.2, 0.25) is 0 Å². The van der Waals surface area contributed by atoms with Crippen LogP contribution in [0.25, 0.3) is 0 Å². The van der Waals surface area contributed by atoms with Crippen LogP contribution in [-0.2, 0) is 0 Å². The van der Waals surface area contributed by atoms with Crippen molar-refractivity contribution in [3.05, 3.63) is 34.9 Å². The van der Waals surface area contributed by atoms with Crippen LogP contribution in [-0.4, -0.2) is 5.78 Å². The first-order valence-corrected chi connectivity index (χ1v) is 6.59. The monoisotopic (exact) mass is 268 g/mol. The highest BCUT2D eigenvalue weighted by molar-refractivity contribution is 5.96. The van der Waals surface area contributed by atoms with Crippen molar-refractivity contribution in [1.29, 1.82) is 0 Å². The van der Waals surface area contributed by atoms with Crippen molar-refractivity contribution in [2.75, 3.05) is 0 Å². The van der Waals surface area contributed by atoms with Crippen LogP contribution in [0.15, 0.2) is 12.1 Å². The molecule has 1 unspecified atom stereocenters. The van der Waals surface area contributed by atoms with E-state index in [-0.39, 0.29) is 23.3 Å². The number of hydrogen-bond donors (Lipinski definition) is 0. The summed E-state index contributed by atoms with van der Waals surface area (Å²) in [6, 6.07) is 2.50. The Bertz CT molecular complexity index is 472. The lowest BCUT2D eigenvalue weighted by atomic mass is 9.83. The number of aryl methyl sites for hydroxylation is 1. The summed E-state index contributed by atoms with van der Waals surface area (Å²) in [5.41, 5.74) is 0.0117. The van der Waals surface area contributed by atoms with Gasteiger partial charge in [0, 0.05) is 6.42 Å². The van der Waals surface area contributed by atoms with Crippen molar-refractivity contribution in [1.82, 2.24) is 0 Å². The molecule has 0 heterocycles. The summed E-state index contributed by atoms with van der Waals surface area (Å²) in [5.74, 6) is -1.84. The molecule has 19 heavy (non-hydrogen) atoms. The van der Waals surface area contributed by atoms with Gasteiger partial charge in [-0.05, 0) is 36.3 Å². The van der Waals surface area contributed by atoms with Gasteiger partial charge in [-0.15, -0.1) is 0 Å². The molecule has 1 aromatic carbocycles. The molecular weight excluding hydrogens is 246 g/mol. The van der Waals surface area contributed by atoms with E-state index in [0.29, 0.717) is 5.56 Å². The van der Waals surface area contributed by atoms with E-state index in [4.69, 9.17) is 0 Å². The fourth-order valence-corrected chi connectivity index (χ4v) is 2.45. The lowest BCUT2D eigenvalue weighted by Crippen LogP contribution is -2.16. The third-order valence-corrected chi connectivity index (χ3v) is 3.06. The van der Waals surface area contributed by atoms with E-state index >= 15 is 0 Å². The topological polar surface area (TPSA) is 17.1 Å². The van der Waals surface area contributed by atoms with Gasteiger partial charge in [-0.2, -0.15) is 0 Å². The van der Waals surface area contributed by atoms with Crippen LogP contribution in [0.5, 0.6) is 0 Å². The van der Waals surface area contributed by atoms with Gasteiger partial charge in [0.05, 0.1) is 5.56 Å². The molecule has 1 nitrogen and oxygen atoms in total. The molecule has 0 aromatic heterocycles. The molecule has 0 amide bonds. The molecule has 0 N–H and O–H groups in total. The normalized spacial score (nSPS) is 13.4. The van der Waals surface area contributed by atoms with Gasteiger partial charge in [-0.3, -0.25) is 4.79 Å². The molecule has 0 saturated heterocycles. The summed E-state index contributed by atoms with van der Waals surface area (Å²) in [6.45, 7) is 9.73. The largest absolute Gasteiger partial charge is 0.294 e. The maximum absolute atomic E-state index is 13.8. The Morgan fingerprint density at radius 1 is 1.26 bits per heavy atom. The highest BCUT2D eigenvalue weighted by Crippen LogP contribution is 2.28. The molecule has 0 spiro atoms. The van der Waals surface area contributed by atoms with Crippen LogP contribution in [0.2, 0.25) is 0 Å². The molecular formula is C16H22F2O. The van der Waals surface area contributed by atoms with Gasteiger partial charge >= 0.3 is 0 Å². The zero-order valence-electron chi connectivity index (χ0n) is 12.3. The Balaban J connectivity index is 2.88. The van der Waals surface area contributed by atoms with Crippen LogP contribution in [0.1, 0.15) is 56.5 Å². The minimum atomic E-state index is -0.768. The van der Waals surface area contributed by atoms with Gasteiger partial charge in [0.1, 0.15) is 11.6 Å². The predicted octanol–water partition coefficient (Wildman–Crippen LogP) is 4.92. The lowest BCUT2D eigenvalue weighted by molar-refractivity contribution is 0.0946. The Hall–Kier alpha value is -1.25. The second kappa shape index (κ2) is 5.81. The molecule has 0 saturated carbocycles. The van der Waals surface area contributed by atoms with E-state index in [1.54, 1.807) is 0 Å². The molecule has 1 rings (SSSR count). The van der Waals surface area contributed by atoms with Crippen LogP contribution in [0, 0.1) is 29.9 Å². The third kappa shape index (κ3) is 4.41. The highest BCUT2D eigenvalue weighted by atomic mass is 19.1. The lowest BCUT2D eigenvalue weighted by Gasteiger charge is -2.22. The van der Waals surface area contributed by atoms with E-state index in [0.717, 1.165) is 12.5 Å². The molecule has 106 valence electrons. The molecule has 0 radical (unpaired) electrons. The van der Waals surface area contributed by atoms with Gasteiger partial charge < -0.3 is 0 Å². The first kappa shape index (κ1) is 15.8. The van der Waals surface area contributed by atoms with Crippen molar-refractivity contribution in [2.45, 2.75) is 47.5 Å². The van der Waals surface area contributed by atoms with Crippen molar-refractivity contribution < 1.29 is 13.6 Å². The van der Waals surface area contributed by atoms with Gasteiger partial charge in [-0.25, -0.2) is 8.78 Å². The van der Waals surface area contributed by atoms with Crippen LogP contribution in [0.3, 0.4) is 0 Å². The Kier molecular flexibility index (Phi) is 4.83. The molecule has 0 aliphatic heterocycles. The number of halogens is 2. The predicted molar refractivity (Wildman–Crippen MR) is 73.3 cm³/mol. The molecule has 0 fully saturated rings. The molecule has 0 bridgehead atoms. The zero-order valence-corrected chi connectivity index (χ0v) is 12.3. The summed E-state index contributed by atoms with van der Waals surface area (Å²) in [6.07, 6.45) is 1.02. The maximum atomic E-state index is 13.8. The van der Waals surface area contributed by atoms with Crippen LogP contribution >= 0.6 is 0 Å². The molecule has 1 atom stereocenters. The molecule has 0 aliphatic rings. The quantitative estimate of drug-likeness (QED) is 0.708. The van der Waals surface area contributed by atoms with Gasteiger partial charge in [0.15, 0.2) is 5.78 Å². The Labute approximate surface area is 114 Å². The second-order valence-electron chi connectivity index (χ2n) is 6.55. The average Bonchev–Trinajstić information content (AvgIpc) is 2.21. The number of carbonyl (C=O) groups excluding carboxylic acids is 1. The van der Waals surface area contributed by atoms with Crippen molar-refractivity contribution in [3.8, 4) is 0 Å². The smallest absolute Gasteiger partial charge is 0.169 e. The van der Waals surface area contributed by atoms with Crippen molar-refractivity contribution >= 4 is 5.78 Å². The summed E-state index contributed by atoms with van der Waals surface area (Å²) in [5, 5.41) is 0.